The van der Waals surface area contributed by atoms with Gasteiger partial charge in [0.1, 0.15) is 11.5 Å². The van der Waals surface area contributed by atoms with Crippen molar-refractivity contribution < 1.29 is 19.1 Å². The second kappa shape index (κ2) is 9.35. The quantitative estimate of drug-likeness (QED) is 0.368. The van der Waals surface area contributed by atoms with Crippen LogP contribution >= 0.6 is 11.6 Å². The third-order valence-electron chi connectivity index (χ3n) is 5.19. The largest absolute Gasteiger partial charge is 0.490 e. The van der Waals surface area contributed by atoms with Crippen molar-refractivity contribution in [3.05, 3.63) is 64.3 Å². The summed E-state index contributed by atoms with van der Waals surface area (Å²) in [6, 6.07) is 11.7. The molecule has 0 bridgehead atoms. The molecule has 4 rings (SSSR count). The fourth-order valence-electron chi connectivity index (χ4n) is 3.67. The summed E-state index contributed by atoms with van der Waals surface area (Å²) < 4.78 is 11.2. The van der Waals surface area contributed by atoms with Crippen molar-refractivity contribution in [3.8, 4) is 11.5 Å². The van der Waals surface area contributed by atoms with Gasteiger partial charge >= 0.3 is 5.97 Å². The second-order valence-corrected chi connectivity index (χ2v) is 7.80. The van der Waals surface area contributed by atoms with Crippen LogP contribution in [0.15, 0.2) is 53.2 Å². The molecule has 0 saturated carbocycles. The number of halogens is 1. The lowest BCUT2D eigenvalue weighted by Gasteiger charge is -2.18. The molecule has 1 fully saturated rings. The van der Waals surface area contributed by atoms with Crippen molar-refractivity contribution in [1.82, 2.24) is 4.90 Å². The highest BCUT2D eigenvalue weighted by atomic mass is 35.5. The predicted molar refractivity (Wildman–Crippen MR) is 120 cm³/mol. The van der Waals surface area contributed by atoms with Gasteiger partial charge in [0.25, 0.3) is 5.91 Å². The fraction of sp³-hybridized carbons (Fsp3) is 0.292. The van der Waals surface area contributed by atoms with E-state index in [1.54, 1.807) is 42.5 Å². The van der Waals surface area contributed by atoms with E-state index in [0.717, 1.165) is 43.6 Å². The first-order chi connectivity index (χ1) is 15.0. The van der Waals surface area contributed by atoms with E-state index in [1.807, 2.05) is 17.9 Å². The molecule has 6 nitrogen and oxygen atoms in total. The summed E-state index contributed by atoms with van der Waals surface area (Å²) in [5.41, 5.74) is 1.74. The second-order valence-electron chi connectivity index (χ2n) is 7.36. The molecule has 2 aromatic carbocycles. The number of aliphatic imine (C=N–C) groups is 1. The van der Waals surface area contributed by atoms with Gasteiger partial charge in [0.2, 0.25) is 0 Å². The van der Waals surface area contributed by atoms with Gasteiger partial charge in [0.05, 0.1) is 12.2 Å². The Bertz CT molecular complexity index is 1060. The van der Waals surface area contributed by atoms with Crippen LogP contribution in [0.4, 0.5) is 0 Å². The van der Waals surface area contributed by atoms with Crippen molar-refractivity contribution in [2.45, 2.75) is 32.6 Å². The SMILES string of the molecule is CCOc1cc(C=C2C(=O)N=C3CCCCCN23)ccc1OC(=O)c1ccc(Cl)cc1. The van der Waals surface area contributed by atoms with Gasteiger partial charge < -0.3 is 14.4 Å². The number of amides is 1. The first-order valence-electron chi connectivity index (χ1n) is 10.4. The molecule has 2 heterocycles. The number of carbonyl (C=O) groups is 2. The number of hydrogen-bond acceptors (Lipinski definition) is 5. The highest BCUT2D eigenvalue weighted by Gasteiger charge is 2.30. The van der Waals surface area contributed by atoms with Gasteiger partial charge in [-0.15, -0.1) is 0 Å². The van der Waals surface area contributed by atoms with Crippen molar-refractivity contribution in [2.75, 3.05) is 13.2 Å². The molecule has 31 heavy (non-hydrogen) atoms. The summed E-state index contributed by atoms with van der Waals surface area (Å²) in [7, 11) is 0. The molecule has 2 aliphatic heterocycles. The number of hydrogen-bond donors (Lipinski definition) is 0. The maximum atomic E-state index is 12.5. The Hall–Kier alpha value is -3.12. The first-order valence-corrected chi connectivity index (χ1v) is 10.8. The number of rotatable bonds is 5. The van der Waals surface area contributed by atoms with Crippen LogP contribution in [0, 0.1) is 0 Å². The van der Waals surface area contributed by atoms with Crippen molar-refractivity contribution in [2.24, 2.45) is 4.99 Å². The molecule has 0 unspecified atom stereocenters. The zero-order valence-electron chi connectivity index (χ0n) is 17.3. The van der Waals surface area contributed by atoms with Gasteiger partial charge in [0, 0.05) is 18.0 Å². The molecule has 0 radical (unpaired) electrons. The van der Waals surface area contributed by atoms with Gasteiger partial charge in [-0.3, -0.25) is 4.79 Å². The molecule has 0 aliphatic carbocycles. The van der Waals surface area contributed by atoms with E-state index in [2.05, 4.69) is 4.99 Å². The van der Waals surface area contributed by atoms with E-state index in [9.17, 15) is 9.59 Å². The molecular formula is C24H23ClN2O4. The van der Waals surface area contributed by atoms with Gasteiger partial charge in [-0.1, -0.05) is 24.1 Å². The van der Waals surface area contributed by atoms with E-state index in [-0.39, 0.29) is 5.91 Å². The fourth-order valence-corrected chi connectivity index (χ4v) is 3.79. The molecule has 0 N–H and O–H groups in total. The van der Waals surface area contributed by atoms with E-state index >= 15 is 0 Å². The number of fused-ring (bicyclic) bond motifs is 1. The smallest absolute Gasteiger partial charge is 0.343 e. The number of carbonyl (C=O) groups excluding carboxylic acids is 2. The highest BCUT2D eigenvalue weighted by Crippen LogP contribution is 2.32. The molecular weight excluding hydrogens is 416 g/mol. The molecule has 1 saturated heterocycles. The van der Waals surface area contributed by atoms with Crippen LogP contribution < -0.4 is 9.47 Å². The Morgan fingerprint density at radius 1 is 1.13 bits per heavy atom. The Kier molecular flexibility index (Phi) is 6.37. The number of ether oxygens (including phenoxy) is 2. The van der Waals surface area contributed by atoms with Crippen LogP contribution in [0.5, 0.6) is 11.5 Å². The van der Waals surface area contributed by atoms with Gasteiger partial charge in [0.15, 0.2) is 11.5 Å². The zero-order valence-corrected chi connectivity index (χ0v) is 18.0. The van der Waals surface area contributed by atoms with Crippen molar-refractivity contribution in [1.29, 1.82) is 0 Å². The van der Waals surface area contributed by atoms with Gasteiger partial charge in [-0.2, -0.15) is 4.99 Å². The maximum absolute atomic E-state index is 12.5. The Morgan fingerprint density at radius 3 is 2.71 bits per heavy atom. The first kappa shape index (κ1) is 21.1. The summed E-state index contributed by atoms with van der Waals surface area (Å²) in [5.74, 6) is 0.882. The summed E-state index contributed by atoms with van der Waals surface area (Å²) in [6.07, 6.45) is 5.87. The lowest BCUT2D eigenvalue weighted by atomic mass is 10.1. The summed E-state index contributed by atoms with van der Waals surface area (Å²) >= 11 is 5.88. The Balaban J connectivity index is 1.58. The summed E-state index contributed by atoms with van der Waals surface area (Å²) in [5, 5.41) is 0.543. The summed E-state index contributed by atoms with van der Waals surface area (Å²) in [4.78, 5) is 31.2. The van der Waals surface area contributed by atoms with Crippen LogP contribution in [-0.2, 0) is 4.79 Å². The van der Waals surface area contributed by atoms with Crippen LogP contribution in [0.2, 0.25) is 5.02 Å². The van der Waals surface area contributed by atoms with E-state index in [0.29, 0.717) is 34.4 Å². The highest BCUT2D eigenvalue weighted by molar-refractivity contribution is 6.30. The minimum atomic E-state index is -0.502. The topological polar surface area (TPSA) is 68.2 Å². The van der Waals surface area contributed by atoms with E-state index in [4.69, 9.17) is 21.1 Å². The number of esters is 1. The molecule has 7 heteroatoms. The molecule has 2 aromatic rings. The van der Waals surface area contributed by atoms with Crippen LogP contribution in [0.1, 0.15) is 48.5 Å². The third kappa shape index (κ3) is 4.80. The zero-order chi connectivity index (χ0) is 21.8. The van der Waals surface area contributed by atoms with Crippen LogP contribution in [-0.4, -0.2) is 35.8 Å². The van der Waals surface area contributed by atoms with E-state index < -0.39 is 5.97 Å². The van der Waals surface area contributed by atoms with Gasteiger partial charge in [-0.05, 0) is 67.8 Å². The number of nitrogens with zero attached hydrogens (tertiary/aromatic N) is 2. The Morgan fingerprint density at radius 2 is 1.94 bits per heavy atom. The molecule has 2 aliphatic rings. The molecule has 160 valence electrons. The minimum Gasteiger partial charge on any atom is -0.490 e. The van der Waals surface area contributed by atoms with Crippen molar-refractivity contribution in [3.63, 3.8) is 0 Å². The maximum Gasteiger partial charge on any atom is 0.343 e. The van der Waals surface area contributed by atoms with Crippen LogP contribution in [0.3, 0.4) is 0 Å². The monoisotopic (exact) mass is 438 g/mol. The van der Waals surface area contributed by atoms with Gasteiger partial charge in [-0.25, -0.2) is 4.79 Å². The Labute approximate surface area is 186 Å². The summed E-state index contributed by atoms with van der Waals surface area (Å²) in [6.45, 7) is 3.06. The van der Waals surface area contributed by atoms with Crippen LogP contribution in [0.25, 0.3) is 6.08 Å². The van der Waals surface area contributed by atoms with Crippen molar-refractivity contribution >= 4 is 35.4 Å². The molecule has 0 aromatic heterocycles. The standard InChI is InChI=1S/C24H23ClN2O4/c1-2-30-21-15-16(14-19-23(28)26-22-6-4-3-5-13-27(19)22)7-12-20(21)31-24(29)17-8-10-18(25)11-9-17/h7-12,14-15H,2-6,13H2,1H3. The average molecular weight is 439 g/mol. The minimum absolute atomic E-state index is 0.215. The lowest BCUT2D eigenvalue weighted by molar-refractivity contribution is -0.114. The molecule has 1 amide bonds. The molecule has 0 atom stereocenters. The third-order valence-corrected chi connectivity index (χ3v) is 5.44. The number of amidine groups is 1. The molecule has 0 spiro atoms. The average Bonchev–Trinajstić information content (AvgIpc) is 2.91. The number of benzene rings is 2. The lowest BCUT2D eigenvalue weighted by Crippen LogP contribution is -2.26. The normalized spacial score (nSPS) is 17.2. The van der Waals surface area contributed by atoms with E-state index in [1.165, 1.54) is 0 Å². The predicted octanol–water partition coefficient (Wildman–Crippen LogP) is 5.11.